The van der Waals surface area contributed by atoms with Crippen LogP contribution in [0.15, 0.2) is 16.5 Å². The number of aliphatic hydroxyl groups excluding tert-OH is 1. The van der Waals surface area contributed by atoms with Crippen LogP contribution >= 0.6 is 0 Å². The Morgan fingerprint density at radius 2 is 2.04 bits per heavy atom. The number of methoxy groups -OCH3 is 1. The molecule has 1 spiro atoms. The summed E-state index contributed by atoms with van der Waals surface area (Å²) in [4.78, 5) is 25.9. The van der Waals surface area contributed by atoms with E-state index in [0.29, 0.717) is 51.3 Å². The molecule has 0 unspecified atom stereocenters. The minimum Gasteiger partial charge on any atom is -0.453 e. The number of furan rings is 1. The van der Waals surface area contributed by atoms with Crippen LogP contribution in [0.4, 0.5) is 0 Å². The molecule has 3 rings (SSSR count). The summed E-state index contributed by atoms with van der Waals surface area (Å²) >= 11 is 0. The van der Waals surface area contributed by atoms with Crippen molar-refractivity contribution in [3.05, 3.63) is 23.7 Å². The Morgan fingerprint density at radius 1 is 1.33 bits per heavy atom. The Bertz CT molecular complexity index is 694. The molecule has 150 valence electrons. The van der Waals surface area contributed by atoms with Gasteiger partial charge in [-0.3, -0.25) is 9.59 Å². The van der Waals surface area contributed by atoms with E-state index in [1.54, 1.807) is 24.1 Å². The van der Waals surface area contributed by atoms with E-state index >= 15 is 0 Å². The van der Waals surface area contributed by atoms with Crippen LogP contribution in [0.1, 0.15) is 49.4 Å². The predicted octanol–water partition coefficient (Wildman–Crippen LogP) is 1.08. The van der Waals surface area contributed by atoms with Gasteiger partial charge in [0.2, 0.25) is 5.91 Å². The van der Waals surface area contributed by atoms with Crippen LogP contribution in [0, 0.1) is 0 Å². The number of hydrogen-bond acceptors (Lipinski definition) is 6. The number of rotatable bonds is 4. The van der Waals surface area contributed by atoms with E-state index in [0.717, 1.165) is 0 Å². The van der Waals surface area contributed by atoms with E-state index in [1.807, 2.05) is 6.92 Å². The Morgan fingerprint density at radius 3 is 2.67 bits per heavy atom. The fourth-order valence-electron chi connectivity index (χ4n) is 4.17. The van der Waals surface area contributed by atoms with Gasteiger partial charge in [0.1, 0.15) is 18.5 Å². The van der Waals surface area contributed by atoms with Crippen molar-refractivity contribution in [1.82, 2.24) is 10.2 Å². The lowest BCUT2D eigenvalue weighted by Crippen LogP contribution is -2.69. The van der Waals surface area contributed by atoms with Gasteiger partial charge in [0.25, 0.3) is 5.91 Å². The zero-order chi connectivity index (χ0) is 19.7. The first kappa shape index (κ1) is 19.9. The van der Waals surface area contributed by atoms with Crippen molar-refractivity contribution in [2.75, 3.05) is 26.8 Å². The van der Waals surface area contributed by atoms with Crippen LogP contribution in [0.3, 0.4) is 0 Å². The number of aliphatic hydroxyl groups is 1. The Kier molecular flexibility index (Phi) is 5.60. The highest BCUT2D eigenvalue weighted by Gasteiger charge is 2.54. The molecule has 1 aromatic rings. The van der Waals surface area contributed by atoms with Gasteiger partial charge in [-0.05, 0) is 38.3 Å². The monoisotopic (exact) mass is 380 g/mol. The molecular formula is C19H28N2O6. The second-order valence-corrected chi connectivity index (χ2v) is 7.66. The molecule has 2 amide bonds. The summed E-state index contributed by atoms with van der Waals surface area (Å²) in [5.41, 5.74) is -1.48. The molecule has 2 atom stereocenters. The van der Waals surface area contributed by atoms with E-state index in [1.165, 1.54) is 6.92 Å². The van der Waals surface area contributed by atoms with Gasteiger partial charge in [-0.15, -0.1) is 0 Å². The zero-order valence-electron chi connectivity index (χ0n) is 16.1. The molecule has 27 heavy (non-hydrogen) atoms. The van der Waals surface area contributed by atoms with Crippen molar-refractivity contribution >= 4 is 11.8 Å². The van der Waals surface area contributed by atoms with Gasteiger partial charge < -0.3 is 29.2 Å². The second-order valence-electron chi connectivity index (χ2n) is 7.66. The molecule has 0 radical (unpaired) electrons. The van der Waals surface area contributed by atoms with Crippen LogP contribution in [-0.4, -0.2) is 65.9 Å². The van der Waals surface area contributed by atoms with Gasteiger partial charge in [-0.2, -0.15) is 0 Å². The lowest BCUT2D eigenvalue weighted by atomic mass is 9.73. The van der Waals surface area contributed by atoms with Gasteiger partial charge in [0, 0.05) is 33.7 Å². The van der Waals surface area contributed by atoms with Gasteiger partial charge in [0.05, 0.1) is 11.1 Å². The number of carbonyl (C=O) groups is 2. The van der Waals surface area contributed by atoms with E-state index in [2.05, 4.69) is 5.32 Å². The number of carbonyl (C=O) groups excluding carboxylic acids is 2. The average Bonchev–Trinajstić information content (AvgIpc) is 3.08. The first-order valence-corrected chi connectivity index (χ1v) is 9.27. The maximum Gasteiger partial charge on any atom is 0.289 e. The summed E-state index contributed by atoms with van der Waals surface area (Å²) in [6.45, 7) is 4.97. The molecule has 3 heterocycles. The molecule has 1 aromatic heterocycles. The maximum absolute atomic E-state index is 12.7. The molecule has 2 aliphatic heterocycles. The van der Waals surface area contributed by atoms with Crippen molar-refractivity contribution in [2.24, 2.45) is 0 Å². The second kappa shape index (κ2) is 7.61. The van der Waals surface area contributed by atoms with Gasteiger partial charge in [-0.25, -0.2) is 0 Å². The first-order valence-electron chi connectivity index (χ1n) is 9.27. The molecular weight excluding hydrogens is 352 g/mol. The van der Waals surface area contributed by atoms with Crippen molar-refractivity contribution in [3.8, 4) is 0 Å². The third-order valence-corrected chi connectivity index (χ3v) is 5.63. The van der Waals surface area contributed by atoms with Crippen molar-refractivity contribution in [3.63, 3.8) is 0 Å². The number of nitrogens with one attached hydrogen (secondary N) is 1. The fourth-order valence-corrected chi connectivity index (χ4v) is 4.17. The Labute approximate surface area is 158 Å². The molecule has 8 nitrogen and oxygen atoms in total. The molecule has 2 N–H and O–H groups in total. The summed E-state index contributed by atoms with van der Waals surface area (Å²) < 4.78 is 16.5. The molecule has 0 bridgehead atoms. The summed E-state index contributed by atoms with van der Waals surface area (Å²) in [6, 6.07) is 3.38. The van der Waals surface area contributed by atoms with Crippen molar-refractivity contribution < 1.29 is 28.6 Å². The molecule has 2 aliphatic rings. The minimum absolute atomic E-state index is 0.175. The molecule has 0 aromatic carbocycles. The smallest absolute Gasteiger partial charge is 0.289 e. The lowest BCUT2D eigenvalue weighted by molar-refractivity contribution is -0.205. The molecule has 8 heteroatoms. The zero-order valence-corrected chi connectivity index (χ0v) is 16.1. The van der Waals surface area contributed by atoms with Crippen LogP contribution in [0.25, 0.3) is 0 Å². The standard InChI is InChI=1S/C19H28N2O6/c1-13(22)20-18(2)8-11-26-19(17(18)24)6-9-21(10-7-19)16(23)15-5-4-14(27-15)12-25-3/h4-5,17,24H,6-12H2,1-3H3,(H,20,22)/t17-,18+/m1/s1. The lowest BCUT2D eigenvalue weighted by Gasteiger charge is -2.53. The molecule has 0 aliphatic carbocycles. The predicted molar refractivity (Wildman–Crippen MR) is 96.1 cm³/mol. The van der Waals surface area contributed by atoms with Gasteiger partial charge in [0.15, 0.2) is 5.76 Å². The minimum atomic E-state index is -0.836. The summed E-state index contributed by atoms with van der Waals surface area (Å²) in [5, 5.41) is 13.9. The summed E-state index contributed by atoms with van der Waals surface area (Å²) in [5.74, 6) is 0.533. The highest BCUT2D eigenvalue weighted by atomic mass is 16.5. The Hall–Kier alpha value is -1.90. The van der Waals surface area contributed by atoms with Crippen LogP contribution in [0.5, 0.6) is 0 Å². The molecule has 2 saturated heterocycles. The number of ether oxygens (including phenoxy) is 2. The largest absolute Gasteiger partial charge is 0.453 e. The number of piperidine rings is 1. The van der Waals surface area contributed by atoms with Gasteiger partial charge >= 0.3 is 0 Å². The normalized spacial score (nSPS) is 27.6. The SMILES string of the molecule is COCc1ccc(C(=O)N2CCC3(CC2)OCC[C@](C)(NC(C)=O)[C@H]3O)o1. The van der Waals surface area contributed by atoms with Crippen LogP contribution in [0.2, 0.25) is 0 Å². The van der Waals surface area contributed by atoms with Crippen LogP contribution < -0.4 is 5.32 Å². The van der Waals surface area contributed by atoms with E-state index < -0.39 is 17.2 Å². The average molecular weight is 380 g/mol. The van der Waals surface area contributed by atoms with E-state index in [-0.39, 0.29) is 17.6 Å². The quantitative estimate of drug-likeness (QED) is 0.811. The number of hydrogen-bond donors (Lipinski definition) is 2. The summed E-state index contributed by atoms with van der Waals surface area (Å²) in [7, 11) is 1.57. The van der Waals surface area contributed by atoms with Crippen molar-refractivity contribution in [1.29, 1.82) is 0 Å². The van der Waals surface area contributed by atoms with Crippen molar-refractivity contribution in [2.45, 2.75) is 57.0 Å². The third kappa shape index (κ3) is 3.88. The highest BCUT2D eigenvalue weighted by Crippen LogP contribution is 2.40. The number of amides is 2. The van der Waals surface area contributed by atoms with E-state index in [9.17, 15) is 14.7 Å². The molecule has 2 fully saturated rings. The van der Waals surface area contributed by atoms with Gasteiger partial charge in [-0.1, -0.05) is 0 Å². The van der Waals surface area contributed by atoms with Crippen LogP contribution in [-0.2, 0) is 20.9 Å². The summed E-state index contributed by atoms with van der Waals surface area (Å²) in [6.07, 6.45) is 0.714. The number of likely N-dealkylation sites (tertiary alicyclic amines) is 1. The molecule has 0 saturated carbocycles. The topological polar surface area (TPSA) is 101 Å². The Balaban J connectivity index is 1.66. The maximum atomic E-state index is 12.7. The third-order valence-electron chi connectivity index (χ3n) is 5.63. The van der Waals surface area contributed by atoms with E-state index in [4.69, 9.17) is 13.9 Å². The fraction of sp³-hybridized carbons (Fsp3) is 0.684. The number of nitrogens with zero attached hydrogens (tertiary/aromatic N) is 1. The highest BCUT2D eigenvalue weighted by molar-refractivity contribution is 5.91. The first-order chi connectivity index (χ1) is 12.8.